The van der Waals surface area contributed by atoms with Gasteiger partial charge in [0.25, 0.3) is 0 Å². The lowest BCUT2D eigenvalue weighted by molar-refractivity contribution is -0.143. The zero-order valence-corrected chi connectivity index (χ0v) is 11.0. The Morgan fingerprint density at radius 3 is 2.84 bits per heavy atom. The van der Waals surface area contributed by atoms with E-state index in [4.69, 9.17) is 11.2 Å². The van der Waals surface area contributed by atoms with Gasteiger partial charge in [-0.25, -0.2) is 0 Å². The van der Waals surface area contributed by atoms with Gasteiger partial charge in [0.1, 0.15) is 6.61 Å². The van der Waals surface area contributed by atoms with Crippen molar-refractivity contribution in [2.24, 2.45) is 0 Å². The van der Waals surface area contributed by atoms with Gasteiger partial charge in [-0.15, -0.1) is 6.42 Å². The number of hydrogen-bond donors (Lipinski definition) is 0. The minimum absolute atomic E-state index is 0.170. The van der Waals surface area contributed by atoms with Gasteiger partial charge in [0.2, 0.25) is 5.91 Å². The van der Waals surface area contributed by atoms with Gasteiger partial charge in [-0.3, -0.25) is 4.79 Å². The van der Waals surface area contributed by atoms with Gasteiger partial charge in [-0.1, -0.05) is 30.3 Å². The number of hydrogen-bond acceptors (Lipinski definition) is 2. The summed E-state index contributed by atoms with van der Waals surface area (Å²) in [5.41, 5.74) is 1.07. The number of β-lactam (4-membered cyclic amide) rings is 1. The fourth-order valence-corrected chi connectivity index (χ4v) is 1.97. The maximum Gasteiger partial charge on any atom is 0.225 e. The molecule has 0 aromatic heterocycles. The van der Waals surface area contributed by atoms with E-state index in [2.05, 4.69) is 5.92 Å². The number of carbonyl (C=O) groups is 1. The Morgan fingerprint density at radius 1 is 1.53 bits per heavy atom. The first-order valence-electron chi connectivity index (χ1n) is 6.33. The highest BCUT2D eigenvalue weighted by Crippen LogP contribution is 2.18. The van der Waals surface area contributed by atoms with E-state index < -0.39 is 0 Å². The van der Waals surface area contributed by atoms with Crippen LogP contribution < -0.4 is 0 Å². The van der Waals surface area contributed by atoms with Crippen molar-refractivity contribution >= 4 is 5.91 Å². The molecule has 1 amide bonds. The van der Waals surface area contributed by atoms with Crippen LogP contribution in [0.5, 0.6) is 0 Å². The van der Waals surface area contributed by atoms with Gasteiger partial charge < -0.3 is 9.64 Å². The van der Waals surface area contributed by atoms with E-state index in [1.54, 1.807) is 11.0 Å². The van der Waals surface area contributed by atoms with E-state index >= 15 is 0 Å². The van der Waals surface area contributed by atoms with Crippen LogP contribution in [0, 0.1) is 12.3 Å². The van der Waals surface area contributed by atoms with E-state index in [0.29, 0.717) is 31.4 Å². The second kappa shape index (κ2) is 6.10. The molecule has 0 N–H and O–H groups in total. The van der Waals surface area contributed by atoms with Crippen molar-refractivity contribution in [2.45, 2.75) is 26.0 Å². The van der Waals surface area contributed by atoms with Crippen LogP contribution in [-0.4, -0.2) is 23.4 Å². The van der Waals surface area contributed by atoms with Crippen LogP contribution >= 0.6 is 0 Å². The molecule has 0 bridgehead atoms. The standard InChI is InChI=1S/C16H17NO2/c1-3-15(9-10-17-13(2)11-16(17)18)19-12-14-7-5-4-6-8-14/h1,4-9,13H,10-12H2,2H3/b15-9+. The van der Waals surface area contributed by atoms with Gasteiger partial charge >= 0.3 is 0 Å². The predicted octanol–water partition coefficient (Wildman–Crippen LogP) is 2.34. The second-order valence-corrected chi connectivity index (χ2v) is 4.59. The van der Waals surface area contributed by atoms with Gasteiger partial charge in [0.05, 0.1) is 0 Å². The average molecular weight is 255 g/mol. The minimum Gasteiger partial charge on any atom is -0.481 e. The summed E-state index contributed by atoms with van der Waals surface area (Å²) in [6, 6.07) is 10.1. The number of likely N-dealkylation sites (tertiary alicyclic amines) is 1. The van der Waals surface area contributed by atoms with Gasteiger partial charge in [0, 0.05) is 19.0 Å². The van der Waals surface area contributed by atoms with Crippen molar-refractivity contribution in [3.63, 3.8) is 0 Å². The third-order valence-electron chi connectivity index (χ3n) is 3.18. The maximum atomic E-state index is 11.3. The molecule has 19 heavy (non-hydrogen) atoms. The summed E-state index contributed by atoms with van der Waals surface area (Å²) < 4.78 is 5.55. The summed E-state index contributed by atoms with van der Waals surface area (Å²) in [4.78, 5) is 13.1. The molecule has 1 aromatic rings. The van der Waals surface area contributed by atoms with Crippen molar-refractivity contribution in [3.8, 4) is 12.3 Å². The molecule has 98 valence electrons. The van der Waals surface area contributed by atoms with Crippen molar-refractivity contribution in [3.05, 3.63) is 47.7 Å². The molecule has 3 nitrogen and oxygen atoms in total. The van der Waals surface area contributed by atoms with E-state index in [1.165, 1.54) is 0 Å². The molecule has 0 spiro atoms. The number of rotatable bonds is 5. The molecule has 0 radical (unpaired) electrons. The topological polar surface area (TPSA) is 29.5 Å². The minimum atomic E-state index is 0.170. The Balaban J connectivity index is 1.86. The largest absolute Gasteiger partial charge is 0.481 e. The van der Waals surface area contributed by atoms with Crippen molar-refractivity contribution in [1.82, 2.24) is 4.90 Å². The first-order chi connectivity index (χ1) is 9.20. The zero-order valence-electron chi connectivity index (χ0n) is 11.0. The second-order valence-electron chi connectivity index (χ2n) is 4.59. The van der Waals surface area contributed by atoms with Crippen molar-refractivity contribution < 1.29 is 9.53 Å². The third kappa shape index (κ3) is 3.38. The summed E-state index contributed by atoms with van der Waals surface area (Å²) in [6.45, 7) is 2.99. The fourth-order valence-electron chi connectivity index (χ4n) is 1.97. The van der Waals surface area contributed by atoms with Crippen LogP contribution in [0.15, 0.2) is 42.2 Å². The molecule has 1 fully saturated rings. The van der Waals surface area contributed by atoms with Crippen LogP contribution in [0.25, 0.3) is 0 Å². The fraction of sp³-hybridized carbons (Fsp3) is 0.312. The highest BCUT2D eigenvalue weighted by Gasteiger charge is 2.31. The van der Waals surface area contributed by atoms with E-state index in [9.17, 15) is 4.79 Å². The SMILES string of the molecule is C#C/C(=C\CN1C(=O)CC1C)OCc1ccccc1. The smallest absolute Gasteiger partial charge is 0.225 e. The van der Waals surface area contributed by atoms with Gasteiger partial charge in [-0.2, -0.15) is 0 Å². The Hall–Kier alpha value is -2.21. The molecule has 1 aliphatic heterocycles. The highest BCUT2D eigenvalue weighted by atomic mass is 16.5. The van der Waals surface area contributed by atoms with Crippen LogP contribution in [0.2, 0.25) is 0 Å². The molecule has 1 unspecified atom stereocenters. The van der Waals surface area contributed by atoms with E-state index in [1.807, 2.05) is 37.3 Å². The number of carbonyl (C=O) groups excluding carboxylic acids is 1. The molecule has 3 heteroatoms. The molecule has 0 aliphatic carbocycles. The molecular formula is C16H17NO2. The third-order valence-corrected chi connectivity index (χ3v) is 3.18. The summed E-state index contributed by atoms with van der Waals surface area (Å²) in [7, 11) is 0. The number of terminal acetylenes is 1. The van der Waals surface area contributed by atoms with Crippen LogP contribution in [0.4, 0.5) is 0 Å². The van der Waals surface area contributed by atoms with E-state index in [0.717, 1.165) is 5.56 Å². The zero-order chi connectivity index (χ0) is 13.7. The lowest BCUT2D eigenvalue weighted by Crippen LogP contribution is -2.50. The normalized spacial score (nSPS) is 18.7. The van der Waals surface area contributed by atoms with Crippen molar-refractivity contribution in [1.29, 1.82) is 0 Å². The highest BCUT2D eigenvalue weighted by molar-refractivity contribution is 5.83. The predicted molar refractivity (Wildman–Crippen MR) is 73.9 cm³/mol. The Kier molecular flexibility index (Phi) is 4.25. The summed E-state index contributed by atoms with van der Waals surface area (Å²) >= 11 is 0. The van der Waals surface area contributed by atoms with E-state index in [-0.39, 0.29) is 5.91 Å². The molecule has 1 aliphatic rings. The average Bonchev–Trinajstić information content (AvgIpc) is 2.43. The summed E-state index contributed by atoms with van der Waals surface area (Å²) in [5, 5.41) is 0. The molecular weight excluding hydrogens is 238 g/mol. The maximum absolute atomic E-state index is 11.3. The summed E-state index contributed by atoms with van der Waals surface area (Å²) in [6.07, 6.45) is 7.82. The number of allylic oxidation sites excluding steroid dienone is 1. The number of nitrogens with zero attached hydrogens (tertiary/aromatic N) is 1. The quantitative estimate of drug-likeness (QED) is 0.459. The first kappa shape index (κ1) is 13.2. The molecule has 2 rings (SSSR count). The van der Waals surface area contributed by atoms with Crippen LogP contribution in [0.1, 0.15) is 18.9 Å². The molecule has 1 heterocycles. The Bertz CT molecular complexity index is 513. The monoisotopic (exact) mass is 255 g/mol. The summed E-state index contributed by atoms with van der Waals surface area (Å²) in [5.74, 6) is 3.16. The van der Waals surface area contributed by atoms with Gasteiger partial charge in [0.15, 0.2) is 5.76 Å². The molecule has 0 saturated carbocycles. The first-order valence-corrected chi connectivity index (χ1v) is 6.33. The molecule has 1 atom stereocenters. The number of amides is 1. The van der Waals surface area contributed by atoms with Crippen molar-refractivity contribution in [2.75, 3.05) is 6.54 Å². The van der Waals surface area contributed by atoms with Gasteiger partial charge in [-0.05, 0) is 24.5 Å². The molecule has 1 aromatic carbocycles. The lowest BCUT2D eigenvalue weighted by atomic mass is 10.0. The lowest BCUT2D eigenvalue weighted by Gasteiger charge is -2.37. The van der Waals surface area contributed by atoms with Crippen LogP contribution in [0.3, 0.4) is 0 Å². The Morgan fingerprint density at radius 2 is 2.26 bits per heavy atom. The molecule has 1 saturated heterocycles. The Labute approximate surface area is 113 Å². The van der Waals surface area contributed by atoms with Crippen LogP contribution in [-0.2, 0) is 16.1 Å². The number of benzene rings is 1. The number of ether oxygens (including phenoxy) is 1.